The lowest BCUT2D eigenvalue weighted by Crippen LogP contribution is -2.15. The van der Waals surface area contributed by atoms with Crippen LogP contribution in [0.15, 0.2) is 34.9 Å². The van der Waals surface area contributed by atoms with E-state index in [1.807, 2.05) is 24.3 Å². The van der Waals surface area contributed by atoms with E-state index in [-0.39, 0.29) is 0 Å². The van der Waals surface area contributed by atoms with Gasteiger partial charge in [0.2, 0.25) is 5.95 Å². The van der Waals surface area contributed by atoms with Crippen molar-refractivity contribution in [2.24, 2.45) is 0 Å². The third kappa shape index (κ3) is 3.55. The molecule has 0 unspecified atom stereocenters. The van der Waals surface area contributed by atoms with Gasteiger partial charge in [0.05, 0.1) is 10.2 Å². The summed E-state index contributed by atoms with van der Waals surface area (Å²) in [7, 11) is 0. The van der Waals surface area contributed by atoms with E-state index in [1.165, 1.54) is 12.8 Å². The van der Waals surface area contributed by atoms with Crippen molar-refractivity contribution in [2.45, 2.75) is 18.8 Å². The van der Waals surface area contributed by atoms with Gasteiger partial charge in [-0.3, -0.25) is 5.10 Å². The molecule has 3 heterocycles. The van der Waals surface area contributed by atoms with Crippen molar-refractivity contribution in [3.05, 3.63) is 40.6 Å². The zero-order chi connectivity index (χ0) is 18.2. The number of benzene rings is 1. The van der Waals surface area contributed by atoms with E-state index in [1.54, 1.807) is 6.20 Å². The lowest BCUT2D eigenvalue weighted by molar-refractivity contribution is 0.171. The third-order valence-corrected chi connectivity index (χ3v) is 4.97. The van der Waals surface area contributed by atoms with Crippen LogP contribution >= 0.6 is 15.9 Å². The quantitative estimate of drug-likeness (QED) is 0.562. The standard InChI is InChI=1S/C18H17BrN6O2/c19-12-9-20-18(21-11-3-4-14-15(7-11)27-6-5-26-14)23-17(12)22-16-8-13(24-25-16)10-1-2-10/h3-4,7-10H,1-2,5-6H2,(H3,20,21,22,23,24,25). The third-order valence-electron chi connectivity index (χ3n) is 4.39. The average Bonchev–Trinajstić information content (AvgIpc) is 3.44. The van der Waals surface area contributed by atoms with Crippen LogP contribution in [-0.4, -0.2) is 33.4 Å². The van der Waals surface area contributed by atoms with Crippen LogP contribution < -0.4 is 20.1 Å². The number of anilines is 4. The van der Waals surface area contributed by atoms with Crippen molar-refractivity contribution in [2.75, 3.05) is 23.8 Å². The van der Waals surface area contributed by atoms with Crippen molar-refractivity contribution in [3.8, 4) is 11.5 Å². The van der Waals surface area contributed by atoms with Gasteiger partial charge in [-0.2, -0.15) is 10.1 Å². The van der Waals surface area contributed by atoms with Crippen LogP contribution in [0.4, 0.5) is 23.3 Å². The van der Waals surface area contributed by atoms with Gasteiger partial charge in [0.15, 0.2) is 17.3 Å². The van der Waals surface area contributed by atoms with Gasteiger partial charge in [0, 0.05) is 29.9 Å². The number of hydrogen-bond donors (Lipinski definition) is 3. The van der Waals surface area contributed by atoms with E-state index in [9.17, 15) is 0 Å². The van der Waals surface area contributed by atoms with Gasteiger partial charge in [-0.15, -0.1) is 0 Å². The number of hydrogen-bond acceptors (Lipinski definition) is 7. The van der Waals surface area contributed by atoms with Crippen LogP contribution in [0.1, 0.15) is 24.5 Å². The summed E-state index contributed by atoms with van der Waals surface area (Å²) < 4.78 is 11.9. The highest BCUT2D eigenvalue weighted by molar-refractivity contribution is 9.10. The Bertz CT molecular complexity index is 988. The SMILES string of the molecule is Brc1cnc(Nc2ccc3c(c2)OCCO3)nc1Nc1cc(C2CC2)n[nH]1. The predicted molar refractivity (Wildman–Crippen MR) is 104 cm³/mol. The molecule has 3 N–H and O–H groups in total. The summed E-state index contributed by atoms with van der Waals surface area (Å²) in [5.41, 5.74) is 1.92. The Morgan fingerprint density at radius 3 is 2.78 bits per heavy atom. The smallest absolute Gasteiger partial charge is 0.229 e. The Kier molecular flexibility index (Phi) is 4.08. The number of aromatic nitrogens is 4. The van der Waals surface area contributed by atoms with Gasteiger partial charge in [-0.05, 0) is 40.9 Å². The van der Waals surface area contributed by atoms with E-state index in [4.69, 9.17) is 9.47 Å². The van der Waals surface area contributed by atoms with Crippen LogP contribution in [0.2, 0.25) is 0 Å². The molecule has 0 spiro atoms. The molecule has 0 bridgehead atoms. The summed E-state index contributed by atoms with van der Waals surface area (Å²) in [4.78, 5) is 8.87. The first-order chi connectivity index (χ1) is 13.2. The second-order valence-electron chi connectivity index (χ2n) is 6.48. The minimum atomic E-state index is 0.472. The van der Waals surface area contributed by atoms with Crippen molar-refractivity contribution in [1.29, 1.82) is 0 Å². The Morgan fingerprint density at radius 1 is 1.07 bits per heavy atom. The first kappa shape index (κ1) is 16.4. The normalized spacial score (nSPS) is 15.4. The maximum atomic E-state index is 5.61. The lowest BCUT2D eigenvalue weighted by atomic mass is 10.2. The number of aromatic amines is 1. The molecule has 1 aliphatic heterocycles. The molecular weight excluding hydrogens is 412 g/mol. The molecule has 5 rings (SSSR count). The Hall–Kier alpha value is -2.81. The molecule has 1 fully saturated rings. The van der Waals surface area contributed by atoms with Gasteiger partial charge < -0.3 is 20.1 Å². The maximum Gasteiger partial charge on any atom is 0.229 e. The maximum absolute atomic E-state index is 5.61. The predicted octanol–water partition coefficient (Wildman–Crippen LogP) is 4.10. The van der Waals surface area contributed by atoms with Crippen LogP contribution in [0, 0.1) is 0 Å². The molecule has 138 valence electrons. The molecule has 0 radical (unpaired) electrons. The zero-order valence-corrected chi connectivity index (χ0v) is 15.9. The van der Waals surface area contributed by atoms with Crippen molar-refractivity contribution in [1.82, 2.24) is 20.2 Å². The van der Waals surface area contributed by atoms with Crippen molar-refractivity contribution < 1.29 is 9.47 Å². The highest BCUT2D eigenvalue weighted by Crippen LogP contribution is 2.40. The number of halogens is 1. The number of fused-ring (bicyclic) bond motifs is 1. The number of rotatable bonds is 5. The fourth-order valence-corrected chi connectivity index (χ4v) is 3.17. The molecule has 8 nitrogen and oxygen atoms in total. The van der Waals surface area contributed by atoms with Crippen LogP contribution in [0.3, 0.4) is 0 Å². The van der Waals surface area contributed by atoms with Gasteiger partial charge >= 0.3 is 0 Å². The fourth-order valence-electron chi connectivity index (χ4n) is 2.88. The van der Waals surface area contributed by atoms with Gasteiger partial charge in [-0.25, -0.2) is 4.98 Å². The number of nitrogens with one attached hydrogen (secondary N) is 3. The van der Waals surface area contributed by atoms with Gasteiger partial charge in [-0.1, -0.05) is 0 Å². The number of ether oxygens (including phenoxy) is 2. The molecule has 9 heteroatoms. The molecule has 3 aromatic rings. The molecule has 1 aromatic carbocycles. The number of nitrogens with zero attached hydrogens (tertiary/aromatic N) is 3. The molecular formula is C18H17BrN6O2. The molecule has 1 saturated carbocycles. The molecule has 0 amide bonds. The Labute approximate surface area is 163 Å². The molecule has 2 aliphatic rings. The van der Waals surface area contributed by atoms with Crippen LogP contribution in [0.25, 0.3) is 0 Å². The summed E-state index contributed by atoms with van der Waals surface area (Å²) in [6.07, 6.45) is 4.13. The second-order valence-corrected chi connectivity index (χ2v) is 7.33. The largest absolute Gasteiger partial charge is 0.486 e. The lowest BCUT2D eigenvalue weighted by Gasteiger charge is -2.19. The summed E-state index contributed by atoms with van der Waals surface area (Å²) in [6.45, 7) is 1.12. The van der Waals surface area contributed by atoms with Crippen molar-refractivity contribution >= 4 is 39.2 Å². The second kappa shape index (κ2) is 6.73. The highest BCUT2D eigenvalue weighted by atomic mass is 79.9. The highest BCUT2D eigenvalue weighted by Gasteiger charge is 2.26. The van der Waals surface area contributed by atoms with Gasteiger partial charge in [0.25, 0.3) is 0 Å². The summed E-state index contributed by atoms with van der Waals surface area (Å²) >= 11 is 3.48. The van der Waals surface area contributed by atoms with E-state index < -0.39 is 0 Å². The first-order valence-corrected chi connectivity index (χ1v) is 9.55. The Balaban J connectivity index is 1.35. The van der Waals surface area contributed by atoms with Gasteiger partial charge in [0.1, 0.15) is 19.0 Å². The van der Waals surface area contributed by atoms with E-state index >= 15 is 0 Å². The zero-order valence-electron chi connectivity index (χ0n) is 14.3. The van der Waals surface area contributed by atoms with Crippen LogP contribution in [-0.2, 0) is 0 Å². The first-order valence-electron chi connectivity index (χ1n) is 8.76. The minimum absolute atomic E-state index is 0.472. The van der Waals surface area contributed by atoms with Crippen molar-refractivity contribution in [3.63, 3.8) is 0 Å². The van der Waals surface area contributed by atoms with Crippen LogP contribution in [0.5, 0.6) is 11.5 Å². The van der Waals surface area contributed by atoms with E-state index in [2.05, 4.69) is 46.7 Å². The number of H-pyrrole nitrogens is 1. The molecule has 2 aromatic heterocycles. The van der Waals surface area contributed by atoms with E-state index in [0.29, 0.717) is 36.6 Å². The topological polar surface area (TPSA) is 97.0 Å². The average molecular weight is 429 g/mol. The summed E-state index contributed by atoms with van der Waals surface area (Å²) in [6, 6.07) is 7.69. The monoisotopic (exact) mass is 428 g/mol. The molecule has 1 aliphatic carbocycles. The Morgan fingerprint density at radius 2 is 1.93 bits per heavy atom. The molecule has 27 heavy (non-hydrogen) atoms. The summed E-state index contributed by atoms with van der Waals surface area (Å²) in [5, 5.41) is 13.8. The summed E-state index contributed by atoms with van der Waals surface area (Å²) in [5.74, 6) is 3.98. The molecule has 0 saturated heterocycles. The molecule has 0 atom stereocenters. The minimum Gasteiger partial charge on any atom is -0.486 e. The fraction of sp³-hybridized carbons (Fsp3) is 0.278. The van der Waals surface area contributed by atoms with E-state index in [0.717, 1.165) is 27.4 Å².